The van der Waals surface area contributed by atoms with E-state index >= 15 is 0 Å². The third-order valence-electron chi connectivity index (χ3n) is 8.02. The highest BCUT2D eigenvalue weighted by Gasteiger charge is 2.24. The first-order valence-electron chi connectivity index (χ1n) is 13.3. The number of nitrogens with zero attached hydrogens (tertiary/aromatic N) is 5. The zero-order valence-corrected chi connectivity index (χ0v) is 22.8. The largest absolute Gasteiger partial charge is 0.392 e. The summed E-state index contributed by atoms with van der Waals surface area (Å²) in [5.41, 5.74) is 13.3. The maximum Gasteiger partial charge on any atom is 0.253 e. The molecule has 5 rings (SSSR count). The number of likely N-dealkylation sites (tertiary alicyclic amines) is 1. The minimum atomic E-state index is -0.244. The van der Waals surface area contributed by atoms with E-state index in [0.717, 1.165) is 65.8 Å². The van der Waals surface area contributed by atoms with E-state index in [2.05, 4.69) is 39.7 Å². The number of piperidine rings is 1. The number of hydrogen-bond donors (Lipinski definition) is 2. The minimum Gasteiger partial charge on any atom is -0.392 e. The van der Waals surface area contributed by atoms with Crippen LogP contribution in [0.25, 0.3) is 16.6 Å². The normalized spacial score (nSPS) is 19.0. The molecule has 1 unspecified atom stereocenters. The number of carbonyl (C=O) groups is 1. The number of aromatic nitrogens is 2. The number of pyridine rings is 1. The van der Waals surface area contributed by atoms with Crippen LogP contribution in [0.1, 0.15) is 45.9 Å². The van der Waals surface area contributed by atoms with Crippen molar-refractivity contribution in [3.05, 3.63) is 82.8 Å². The lowest BCUT2D eigenvalue weighted by Gasteiger charge is -2.32. The van der Waals surface area contributed by atoms with Crippen LogP contribution in [0.3, 0.4) is 0 Å². The molecule has 1 atom stereocenters. The molecule has 0 spiro atoms. The number of hydrogen-bond acceptors (Lipinski definition) is 6. The van der Waals surface area contributed by atoms with Gasteiger partial charge in [-0.1, -0.05) is 12.1 Å². The summed E-state index contributed by atoms with van der Waals surface area (Å²) in [5, 5.41) is 11.1. The van der Waals surface area contributed by atoms with E-state index in [0.29, 0.717) is 5.92 Å². The summed E-state index contributed by atoms with van der Waals surface area (Å²) in [6.07, 6.45) is 7.73. The predicted molar refractivity (Wildman–Crippen MR) is 151 cm³/mol. The smallest absolute Gasteiger partial charge is 0.253 e. The number of aliphatic hydroxyl groups is 1. The lowest BCUT2D eigenvalue weighted by Crippen LogP contribution is -2.36. The van der Waals surface area contributed by atoms with Crippen molar-refractivity contribution in [2.45, 2.75) is 31.5 Å². The van der Waals surface area contributed by atoms with Gasteiger partial charge < -0.3 is 25.2 Å². The van der Waals surface area contributed by atoms with Crippen molar-refractivity contribution in [1.29, 1.82) is 0 Å². The molecule has 2 aliphatic rings. The Balaban J connectivity index is 1.30. The number of benzene rings is 1. The molecule has 1 fully saturated rings. The average molecular weight is 515 g/mol. The van der Waals surface area contributed by atoms with Crippen LogP contribution in [-0.2, 0) is 13.6 Å². The second-order valence-electron chi connectivity index (χ2n) is 10.7. The van der Waals surface area contributed by atoms with Crippen molar-refractivity contribution >= 4 is 22.5 Å². The van der Waals surface area contributed by atoms with Gasteiger partial charge in [0.05, 0.1) is 12.8 Å². The van der Waals surface area contributed by atoms with Gasteiger partial charge in [0.2, 0.25) is 0 Å². The molecule has 3 N–H and O–H groups in total. The standard InChI is InChI=1S/C30H38N6O2/c1-33(2)30(38)22-7-5-20(6-8-22)21-10-13-36(14-11-21)17-24-16-26-25(9-12-32-29(26)35(24)4)27-18-34(3)28(31)15-23(27)19-37/h5-9,12,15-16,18,21,28,37H,10-11,13-14,17,19,31H2,1-4H3. The fourth-order valence-electron chi connectivity index (χ4n) is 5.63. The molecule has 0 bridgehead atoms. The Kier molecular flexibility index (Phi) is 7.38. The number of amides is 1. The first-order valence-corrected chi connectivity index (χ1v) is 13.3. The topological polar surface area (TPSA) is 90.9 Å². The van der Waals surface area contributed by atoms with E-state index in [1.807, 2.05) is 48.6 Å². The summed E-state index contributed by atoms with van der Waals surface area (Å²) in [6, 6.07) is 12.4. The molecule has 8 heteroatoms. The van der Waals surface area contributed by atoms with Gasteiger partial charge in [-0.25, -0.2) is 4.98 Å². The molecular weight excluding hydrogens is 476 g/mol. The van der Waals surface area contributed by atoms with Crippen molar-refractivity contribution in [2.24, 2.45) is 12.8 Å². The minimum absolute atomic E-state index is 0.0398. The Hall–Kier alpha value is -3.46. The van der Waals surface area contributed by atoms with Crippen LogP contribution in [-0.4, -0.2) is 82.3 Å². The number of carbonyl (C=O) groups excluding carboxylic acids is 1. The highest BCUT2D eigenvalue weighted by atomic mass is 16.3. The van der Waals surface area contributed by atoms with E-state index in [4.69, 9.17) is 5.73 Å². The third-order valence-corrected chi connectivity index (χ3v) is 8.02. The molecule has 1 saturated heterocycles. The molecule has 1 aromatic carbocycles. The molecule has 2 aromatic heterocycles. The molecule has 200 valence electrons. The molecule has 2 aliphatic heterocycles. The first kappa shape index (κ1) is 26.2. The van der Waals surface area contributed by atoms with Gasteiger partial charge in [-0.2, -0.15) is 0 Å². The molecule has 3 aromatic rings. The van der Waals surface area contributed by atoms with Crippen molar-refractivity contribution in [3.63, 3.8) is 0 Å². The maximum atomic E-state index is 12.2. The van der Waals surface area contributed by atoms with Gasteiger partial charge in [0.1, 0.15) is 5.65 Å². The van der Waals surface area contributed by atoms with E-state index in [1.165, 1.54) is 11.3 Å². The van der Waals surface area contributed by atoms with E-state index in [1.54, 1.807) is 19.0 Å². The zero-order chi connectivity index (χ0) is 27.0. The number of likely N-dealkylation sites (N-methyl/N-ethyl adjacent to an activating group) is 1. The number of fused-ring (bicyclic) bond motifs is 1. The Labute approximate surface area is 224 Å². The molecular formula is C30H38N6O2. The second-order valence-corrected chi connectivity index (χ2v) is 10.7. The quantitative estimate of drug-likeness (QED) is 0.525. The second kappa shape index (κ2) is 10.7. The lowest BCUT2D eigenvalue weighted by atomic mass is 9.89. The molecule has 1 amide bonds. The fraction of sp³-hybridized carbons (Fsp3) is 0.400. The van der Waals surface area contributed by atoms with Crippen LogP contribution in [0.15, 0.2) is 60.4 Å². The molecule has 0 radical (unpaired) electrons. The highest BCUT2D eigenvalue weighted by molar-refractivity contribution is 5.96. The number of aliphatic hydroxyl groups excluding tert-OH is 1. The van der Waals surface area contributed by atoms with Crippen molar-refractivity contribution in [1.82, 2.24) is 24.3 Å². The van der Waals surface area contributed by atoms with Gasteiger partial charge >= 0.3 is 0 Å². The number of aryl methyl sites for hydroxylation is 1. The average Bonchev–Trinajstić information content (AvgIpc) is 3.25. The van der Waals surface area contributed by atoms with Gasteiger partial charge in [0.25, 0.3) is 5.91 Å². The number of nitrogens with two attached hydrogens (primary N) is 1. The van der Waals surface area contributed by atoms with Crippen LogP contribution in [0.2, 0.25) is 0 Å². The first-order chi connectivity index (χ1) is 18.3. The van der Waals surface area contributed by atoms with Crippen LogP contribution >= 0.6 is 0 Å². The SMILES string of the molecule is CN(C)C(=O)c1ccc(C2CCN(Cc3cc4c(C5=CN(C)C(N)C=C5CO)ccnc4n3C)CC2)cc1. The summed E-state index contributed by atoms with van der Waals surface area (Å²) in [7, 11) is 7.59. The van der Waals surface area contributed by atoms with Crippen molar-refractivity contribution in [3.8, 4) is 0 Å². The van der Waals surface area contributed by atoms with E-state index < -0.39 is 0 Å². The van der Waals surface area contributed by atoms with Crippen LogP contribution in [0.4, 0.5) is 0 Å². The van der Waals surface area contributed by atoms with E-state index in [9.17, 15) is 9.90 Å². The summed E-state index contributed by atoms with van der Waals surface area (Å²) < 4.78 is 2.19. The summed E-state index contributed by atoms with van der Waals surface area (Å²) >= 11 is 0. The molecule has 0 saturated carbocycles. The third kappa shape index (κ3) is 4.99. The van der Waals surface area contributed by atoms with Crippen LogP contribution < -0.4 is 5.73 Å². The van der Waals surface area contributed by atoms with Gasteiger partial charge in [-0.15, -0.1) is 0 Å². The maximum absolute atomic E-state index is 12.2. The molecule has 0 aliphatic carbocycles. The Bertz CT molecular complexity index is 1380. The van der Waals surface area contributed by atoms with Gasteiger partial charge in [0.15, 0.2) is 0 Å². The molecule has 38 heavy (non-hydrogen) atoms. The van der Waals surface area contributed by atoms with Crippen LogP contribution in [0, 0.1) is 0 Å². The van der Waals surface area contributed by atoms with Crippen LogP contribution in [0.5, 0.6) is 0 Å². The predicted octanol–water partition coefficient (Wildman–Crippen LogP) is 3.14. The zero-order valence-electron chi connectivity index (χ0n) is 22.8. The fourth-order valence-corrected chi connectivity index (χ4v) is 5.63. The van der Waals surface area contributed by atoms with Crippen molar-refractivity contribution in [2.75, 3.05) is 40.8 Å². The van der Waals surface area contributed by atoms with Gasteiger partial charge in [0, 0.05) is 69.3 Å². The molecule has 8 nitrogen and oxygen atoms in total. The summed E-state index contributed by atoms with van der Waals surface area (Å²) in [4.78, 5) is 23.0. The van der Waals surface area contributed by atoms with Gasteiger partial charge in [-0.3, -0.25) is 9.69 Å². The Morgan fingerprint density at radius 3 is 2.50 bits per heavy atom. The summed E-state index contributed by atoms with van der Waals surface area (Å²) in [5.74, 6) is 0.554. The van der Waals surface area contributed by atoms with Gasteiger partial charge in [-0.05, 0) is 78.9 Å². The summed E-state index contributed by atoms with van der Waals surface area (Å²) in [6.45, 7) is 2.86. The molecule has 4 heterocycles. The highest BCUT2D eigenvalue weighted by Crippen LogP contribution is 2.34. The Morgan fingerprint density at radius 1 is 1.13 bits per heavy atom. The van der Waals surface area contributed by atoms with Crippen molar-refractivity contribution < 1.29 is 9.90 Å². The lowest BCUT2D eigenvalue weighted by molar-refractivity contribution is 0.0827. The monoisotopic (exact) mass is 514 g/mol. The number of rotatable bonds is 6. The van der Waals surface area contributed by atoms with E-state index in [-0.39, 0.29) is 18.7 Å². The Morgan fingerprint density at radius 2 is 1.84 bits per heavy atom.